The molecule has 0 aliphatic heterocycles. The molecule has 406 valence electrons. The topological polar surface area (TPSA) is 0 Å². The van der Waals surface area contributed by atoms with Crippen LogP contribution in [0.4, 0.5) is 0 Å². The van der Waals surface area contributed by atoms with Crippen LogP contribution >= 0.6 is 0 Å². The number of hydrogen-bond acceptors (Lipinski definition) is 0. The van der Waals surface area contributed by atoms with E-state index in [1.165, 1.54) is 276 Å². The maximum Gasteiger partial charge on any atom is -0.00851 e. The molecule has 0 heteroatoms. The van der Waals surface area contributed by atoms with Crippen molar-refractivity contribution in [3.63, 3.8) is 0 Å². The van der Waals surface area contributed by atoms with Gasteiger partial charge < -0.3 is 0 Å². The van der Waals surface area contributed by atoms with Gasteiger partial charge in [0.05, 0.1) is 0 Å². The molecule has 0 spiro atoms. The third kappa shape index (κ3) is 21.9. The van der Waals surface area contributed by atoms with E-state index < -0.39 is 0 Å². The van der Waals surface area contributed by atoms with Crippen LogP contribution in [0.15, 0.2) is 11.6 Å². The molecule has 4 aliphatic carbocycles. The van der Waals surface area contributed by atoms with Gasteiger partial charge in [-0.3, -0.25) is 0 Å². The summed E-state index contributed by atoms with van der Waals surface area (Å²) < 4.78 is 0. The maximum absolute atomic E-state index is 2.95. The fourth-order valence-electron chi connectivity index (χ4n) is 16.9. The van der Waals surface area contributed by atoms with Gasteiger partial charge >= 0.3 is 0 Å². The fraction of sp³-hybridized carbons (Fsp3) is 0.971. The van der Waals surface area contributed by atoms with E-state index in [1.54, 1.807) is 32.1 Å². The Hall–Kier alpha value is -0.260. The summed E-state index contributed by atoms with van der Waals surface area (Å²) in [5.41, 5.74) is 3.08. The number of hydrogen-bond donors (Lipinski definition) is 0. The van der Waals surface area contributed by atoms with Crippen molar-refractivity contribution in [3.8, 4) is 0 Å². The fourth-order valence-corrected chi connectivity index (χ4v) is 16.9. The number of unbranched alkanes of at least 4 members (excludes halogenated alkanes) is 31. The van der Waals surface area contributed by atoms with Crippen LogP contribution in [0.3, 0.4) is 0 Å². The summed E-state index contributed by atoms with van der Waals surface area (Å²) in [6.07, 6.45) is 74.3. The lowest BCUT2D eigenvalue weighted by molar-refractivity contribution is -0.0556. The molecule has 4 rings (SSSR count). The first-order chi connectivity index (χ1) is 33.7. The van der Waals surface area contributed by atoms with Crippen molar-refractivity contribution < 1.29 is 0 Å². The highest BCUT2D eigenvalue weighted by molar-refractivity contribution is 5.25. The van der Waals surface area contributed by atoms with Crippen LogP contribution in [-0.4, -0.2) is 0 Å². The lowest BCUT2D eigenvalue weighted by Gasteiger charge is -2.59. The molecule has 0 saturated heterocycles. The Bertz CT molecular complexity index is 1240. The van der Waals surface area contributed by atoms with Gasteiger partial charge in [-0.15, -0.1) is 0 Å². The summed E-state index contributed by atoms with van der Waals surface area (Å²) in [7, 11) is 0. The molecule has 10 atom stereocenters. The van der Waals surface area contributed by atoms with E-state index >= 15 is 0 Å². The molecule has 0 heterocycles. The maximum atomic E-state index is 2.95. The molecular formula is C69H130. The molecule has 0 radical (unpaired) electrons. The smallest absolute Gasteiger partial charge is 0.00851 e. The number of rotatable bonds is 44. The van der Waals surface area contributed by atoms with Gasteiger partial charge in [-0.2, -0.15) is 0 Å². The van der Waals surface area contributed by atoms with Crippen LogP contribution in [0.25, 0.3) is 0 Å². The van der Waals surface area contributed by atoms with Gasteiger partial charge in [0.15, 0.2) is 0 Å². The molecule has 3 fully saturated rings. The Kier molecular flexibility index (Phi) is 32.5. The van der Waals surface area contributed by atoms with E-state index in [2.05, 4.69) is 61.5 Å². The third-order valence-corrected chi connectivity index (χ3v) is 21.3. The van der Waals surface area contributed by atoms with E-state index in [0.29, 0.717) is 10.8 Å². The van der Waals surface area contributed by atoms with Crippen LogP contribution in [0.1, 0.15) is 364 Å². The van der Waals surface area contributed by atoms with Crippen molar-refractivity contribution in [2.45, 2.75) is 364 Å². The van der Waals surface area contributed by atoms with Crippen molar-refractivity contribution >= 4 is 0 Å². The Morgan fingerprint density at radius 2 is 0.870 bits per heavy atom. The van der Waals surface area contributed by atoms with Crippen LogP contribution in [0, 0.1) is 64.1 Å². The zero-order valence-electron chi connectivity index (χ0n) is 49.2. The predicted octanol–water partition coefficient (Wildman–Crippen LogP) is 24.4. The third-order valence-electron chi connectivity index (χ3n) is 21.3. The zero-order chi connectivity index (χ0) is 49.4. The molecule has 3 saturated carbocycles. The molecule has 0 bridgehead atoms. The lowest BCUT2D eigenvalue weighted by Crippen LogP contribution is -2.50. The minimum Gasteiger partial charge on any atom is -0.0845 e. The molecule has 0 nitrogen and oxygen atoms in total. The summed E-state index contributed by atoms with van der Waals surface area (Å²) in [5.74, 6) is 8.59. The molecule has 0 aromatic carbocycles. The highest BCUT2D eigenvalue weighted by Gasteiger charge is 2.59. The van der Waals surface area contributed by atoms with Crippen LogP contribution in [-0.2, 0) is 0 Å². The van der Waals surface area contributed by atoms with E-state index in [-0.39, 0.29) is 0 Å². The van der Waals surface area contributed by atoms with Gasteiger partial charge in [-0.05, 0) is 122 Å². The molecule has 6 unspecified atom stereocenters. The Morgan fingerprint density at radius 3 is 1.32 bits per heavy atom. The van der Waals surface area contributed by atoms with Crippen LogP contribution in [0.5, 0.6) is 0 Å². The molecule has 0 amide bonds. The first kappa shape index (κ1) is 61.3. The number of allylic oxidation sites excluding steroid dienone is 2. The number of fused-ring (bicyclic) bond motifs is 5. The minimum absolute atomic E-state index is 0.492. The first-order valence-electron chi connectivity index (χ1n) is 33.4. The standard InChI is InChI=1S/C69H130/c1-9-12-15-18-21-23-24-25-26-27-28-29-30-31-32-33-34-35-38-41-47-60(46-40-37-20-17-14-11-3)63(48-42-39-36-22-19-16-13-10-2)61-53-55-68(7)62(57-61)49-50-64-66-52-51-65(59(6)45-43-44-58(4)5)69(66,8)56-54-67(64)68/h49,58-61,63-67H,9-48,50-57H2,1-8H3/t59-,60?,61?,63?,64?,65-,66?,67?,68+,69-/m1/s1. The van der Waals surface area contributed by atoms with Gasteiger partial charge in [0.1, 0.15) is 0 Å². The van der Waals surface area contributed by atoms with E-state index in [4.69, 9.17) is 0 Å². The summed E-state index contributed by atoms with van der Waals surface area (Å²) >= 11 is 0. The largest absolute Gasteiger partial charge is 0.0845 e. The van der Waals surface area contributed by atoms with Gasteiger partial charge in [0, 0.05) is 0 Å². The molecular weight excluding hydrogens is 829 g/mol. The minimum atomic E-state index is 0.492. The second-order valence-corrected chi connectivity index (χ2v) is 27.0. The monoisotopic (exact) mass is 959 g/mol. The second-order valence-electron chi connectivity index (χ2n) is 27.0. The second kappa shape index (κ2) is 36.6. The molecule has 0 N–H and O–H groups in total. The normalized spacial score (nSPS) is 27.0. The average molecular weight is 960 g/mol. The van der Waals surface area contributed by atoms with E-state index in [9.17, 15) is 0 Å². The molecule has 69 heavy (non-hydrogen) atoms. The van der Waals surface area contributed by atoms with E-state index in [1.807, 2.05) is 5.57 Å². The summed E-state index contributed by atoms with van der Waals surface area (Å²) in [6, 6.07) is 0. The van der Waals surface area contributed by atoms with Gasteiger partial charge in [-0.25, -0.2) is 0 Å². The summed E-state index contributed by atoms with van der Waals surface area (Å²) in [6.45, 7) is 20.2. The highest BCUT2D eigenvalue weighted by atomic mass is 14.6. The Balaban J connectivity index is 1.29. The van der Waals surface area contributed by atoms with Crippen molar-refractivity contribution in [1.29, 1.82) is 0 Å². The Labute approximate surface area is 437 Å². The predicted molar refractivity (Wildman–Crippen MR) is 311 cm³/mol. The average Bonchev–Trinajstić information content (AvgIpc) is 3.70. The van der Waals surface area contributed by atoms with Gasteiger partial charge in [-0.1, -0.05) is 317 Å². The van der Waals surface area contributed by atoms with Crippen LogP contribution in [0.2, 0.25) is 0 Å². The van der Waals surface area contributed by atoms with Crippen molar-refractivity contribution in [2.24, 2.45) is 64.1 Å². The molecule has 0 aromatic heterocycles. The van der Waals surface area contributed by atoms with Crippen LogP contribution < -0.4 is 0 Å². The van der Waals surface area contributed by atoms with Gasteiger partial charge in [0.25, 0.3) is 0 Å². The zero-order valence-corrected chi connectivity index (χ0v) is 49.2. The summed E-state index contributed by atoms with van der Waals surface area (Å²) in [4.78, 5) is 0. The van der Waals surface area contributed by atoms with Crippen molar-refractivity contribution in [1.82, 2.24) is 0 Å². The van der Waals surface area contributed by atoms with Gasteiger partial charge in [0.2, 0.25) is 0 Å². The quantitative estimate of drug-likeness (QED) is 0.0422. The summed E-state index contributed by atoms with van der Waals surface area (Å²) in [5, 5.41) is 0. The van der Waals surface area contributed by atoms with Crippen molar-refractivity contribution in [3.05, 3.63) is 11.6 Å². The molecule has 4 aliphatic rings. The lowest BCUT2D eigenvalue weighted by atomic mass is 9.46. The van der Waals surface area contributed by atoms with E-state index in [0.717, 1.165) is 53.3 Å². The SMILES string of the molecule is CCCCCCCCCCCCCCCCCCCCCCC(CCCCCCCC)C(CCCCCCCCCC)C1CC[C@@]2(C)C(=CCC3C2CC[C@@]2(C)C3CC[C@@H]2[C@H](C)CCCC(C)C)C1. The Morgan fingerprint density at radius 1 is 0.435 bits per heavy atom. The van der Waals surface area contributed by atoms with Crippen molar-refractivity contribution in [2.75, 3.05) is 0 Å². The molecule has 0 aromatic rings. The highest BCUT2D eigenvalue weighted by Crippen LogP contribution is 2.68. The first-order valence-corrected chi connectivity index (χ1v) is 33.4.